The molecule has 0 bridgehead atoms. The fourth-order valence-electron chi connectivity index (χ4n) is 2.04. The number of nitrogens with zero attached hydrogens (tertiary/aromatic N) is 3. The number of methoxy groups -OCH3 is 1. The molecule has 0 aliphatic carbocycles. The maximum atomic E-state index is 5.02. The molecule has 0 aliphatic heterocycles. The SMILES string of the molecule is CCc1c(CNCCOC)cnn1-c1ccncc1. The van der Waals surface area contributed by atoms with Crippen molar-refractivity contribution in [3.05, 3.63) is 42.0 Å². The van der Waals surface area contributed by atoms with Crippen LogP contribution in [0.25, 0.3) is 5.69 Å². The lowest BCUT2D eigenvalue weighted by Crippen LogP contribution is -2.19. The van der Waals surface area contributed by atoms with Crippen LogP contribution in [-0.2, 0) is 17.7 Å². The Morgan fingerprint density at radius 3 is 2.79 bits per heavy atom. The molecule has 2 rings (SSSR count). The highest BCUT2D eigenvalue weighted by atomic mass is 16.5. The molecule has 0 saturated heterocycles. The minimum absolute atomic E-state index is 0.722. The molecule has 0 atom stereocenters. The van der Waals surface area contributed by atoms with Gasteiger partial charge >= 0.3 is 0 Å². The molecule has 19 heavy (non-hydrogen) atoms. The Kier molecular flexibility index (Phi) is 5.06. The molecule has 1 N–H and O–H groups in total. The van der Waals surface area contributed by atoms with E-state index in [1.54, 1.807) is 19.5 Å². The summed E-state index contributed by atoms with van der Waals surface area (Å²) in [5.41, 5.74) is 3.52. The van der Waals surface area contributed by atoms with Gasteiger partial charge < -0.3 is 10.1 Å². The summed E-state index contributed by atoms with van der Waals surface area (Å²) in [6, 6.07) is 3.93. The third-order valence-electron chi connectivity index (χ3n) is 3.00. The zero-order chi connectivity index (χ0) is 13.5. The lowest BCUT2D eigenvalue weighted by atomic mass is 10.2. The second kappa shape index (κ2) is 7.01. The zero-order valence-corrected chi connectivity index (χ0v) is 11.5. The van der Waals surface area contributed by atoms with Gasteiger partial charge in [-0.2, -0.15) is 5.10 Å². The van der Waals surface area contributed by atoms with Gasteiger partial charge in [-0.3, -0.25) is 4.98 Å². The van der Waals surface area contributed by atoms with Gasteiger partial charge in [-0.25, -0.2) is 4.68 Å². The van der Waals surface area contributed by atoms with Crippen molar-refractivity contribution < 1.29 is 4.74 Å². The predicted octanol–water partition coefficient (Wildman–Crippen LogP) is 1.57. The molecule has 102 valence electrons. The van der Waals surface area contributed by atoms with Crippen LogP contribution in [0.4, 0.5) is 0 Å². The van der Waals surface area contributed by atoms with Gasteiger partial charge in [-0.1, -0.05) is 6.92 Å². The van der Waals surface area contributed by atoms with Gasteiger partial charge in [0.25, 0.3) is 0 Å². The quantitative estimate of drug-likeness (QED) is 0.768. The number of rotatable bonds is 7. The van der Waals surface area contributed by atoms with Crippen LogP contribution in [0.2, 0.25) is 0 Å². The molecular formula is C14H20N4O. The molecule has 2 heterocycles. The van der Waals surface area contributed by atoms with Gasteiger partial charge in [-0.15, -0.1) is 0 Å². The van der Waals surface area contributed by atoms with E-state index in [4.69, 9.17) is 4.74 Å². The van der Waals surface area contributed by atoms with Crippen molar-refractivity contribution in [3.8, 4) is 5.69 Å². The molecule has 0 aromatic carbocycles. The summed E-state index contributed by atoms with van der Waals surface area (Å²) in [6.45, 7) is 4.53. The van der Waals surface area contributed by atoms with Gasteiger partial charge in [-0.05, 0) is 18.6 Å². The number of hydrogen-bond donors (Lipinski definition) is 1. The zero-order valence-electron chi connectivity index (χ0n) is 11.5. The van der Waals surface area contributed by atoms with Crippen LogP contribution in [0.1, 0.15) is 18.2 Å². The Labute approximate surface area is 113 Å². The summed E-state index contributed by atoms with van der Waals surface area (Å²) >= 11 is 0. The molecule has 2 aromatic heterocycles. The van der Waals surface area contributed by atoms with Crippen LogP contribution in [0.5, 0.6) is 0 Å². The van der Waals surface area contributed by atoms with Gasteiger partial charge in [0.15, 0.2) is 0 Å². The molecule has 0 amide bonds. The first-order valence-corrected chi connectivity index (χ1v) is 6.52. The fraction of sp³-hybridized carbons (Fsp3) is 0.429. The second-order valence-corrected chi connectivity index (χ2v) is 4.26. The molecule has 0 aliphatic rings. The van der Waals surface area contributed by atoms with Crippen molar-refractivity contribution in [2.45, 2.75) is 19.9 Å². The second-order valence-electron chi connectivity index (χ2n) is 4.26. The number of hydrogen-bond acceptors (Lipinski definition) is 4. The van der Waals surface area contributed by atoms with Crippen LogP contribution in [0.15, 0.2) is 30.7 Å². The minimum Gasteiger partial charge on any atom is -0.383 e. The summed E-state index contributed by atoms with van der Waals surface area (Å²) in [5.74, 6) is 0. The highest BCUT2D eigenvalue weighted by Gasteiger charge is 2.09. The molecule has 2 aromatic rings. The number of ether oxygens (including phenoxy) is 1. The molecular weight excluding hydrogens is 240 g/mol. The first-order chi connectivity index (χ1) is 9.36. The Hall–Kier alpha value is -1.72. The molecule has 5 heteroatoms. The monoisotopic (exact) mass is 260 g/mol. The molecule has 0 spiro atoms. The summed E-state index contributed by atoms with van der Waals surface area (Å²) in [5, 5.41) is 7.83. The largest absolute Gasteiger partial charge is 0.383 e. The average Bonchev–Trinajstić information content (AvgIpc) is 2.87. The Morgan fingerprint density at radius 2 is 2.11 bits per heavy atom. The van der Waals surface area contributed by atoms with Gasteiger partial charge in [0, 0.05) is 43.9 Å². The summed E-state index contributed by atoms with van der Waals surface area (Å²) in [6.07, 6.45) is 6.45. The lowest BCUT2D eigenvalue weighted by molar-refractivity contribution is 0.199. The van der Waals surface area contributed by atoms with Crippen molar-refractivity contribution in [3.63, 3.8) is 0 Å². The van der Waals surface area contributed by atoms with Crippen LogP contribution < -0.4 is 5.32 Å². The van der Waals surface area contributed by atoms with Crippen LogP contribution >= 0.6 is 0 Å². The van der Waals surface area contributed by atoms with E-state index < -0.39 is 0 Å². The topological polar surface area (TPSA) is 52.0 Å². The summed E-state index contributed by atoms with van der Waals surface area (Å²) in [4.78, 5) is 4.04. The smallest absolute Gasteiger partial charge is 0.0679 e. The van der Waals surface area contributed by atoms with E-state index in [0.717, 1.165) is 31.8 Å². The first kappa shape index (κ1) is 13.7. The van der Waals surface area contributed by atoms with Crippen molar-refractivity contribution in [2.75, 3.05) is 20.3 Å². The first-order valence-electron chi connectivity index (χ1n) is 6.52. The molecule has 0 fully saturated rings. The van der Waals surface area contributed by atoms with E-state index in [-0.39, 0.29) is 0 Å². The van der Waals surface area contributed by atoms with Gasteiger partial charge in [0.05, 0.1) is 18.5 Å². The highest BCUT2D eigenvalue weighted by Crippen LogP contribution is 2.14. The standard InChI is InChI=1S/C14H20N4O/c1-3-14-12(10-16-8-9-19-2)11-17-18(14)13-4-6-15-7-5-13/h4-7,11,16H,3,8-10H2,1-2H3. The van der Waals surface area contributed by atoms with E-state index in [0.29, 0.717) is 0 Å². The van der Waals surface area contributed by atoms with Crippen molar-refractivity contribution in [1.29, 1.82) is 0 Å². The Bertz CT molecular complexity index is 495. The van der Waals surface area contributed by atoms with Crippen molar-refractivity contribution in [1.82, 2.24) is 20.1 Å². The number of pyridine rings is 1. The van der Waals surface area contributed by atoms with Crippen LogP contribution in [-0.4, -0.2) is 35.0 Å². The third kappa shape index (κ3) is 3.39. The third-order valence-corrected chi connectivity index (χ3v) is 3.00. The maximum absolute atomic E-state index is 5.02. The van der Waals surface area contributed by atoms with Gasteiger partial charge in [0.1, 0.15) is 0 Å². The Balaban J connectivity index is 2.12. The predicted molar refractivity (Wildman–Crippen MR) is 74.3 cm³/mol. The summed E-state index contributed by atoms with van der Waals surface area (Å²) in [7, 11) is 1.71. The van der Waals surface area contributed by atoms with E-state index >= 15 is 0 Å². The lowest BCUT2D eigenvalue weighted by Gasteiger charge is -2.08. The van der Waals surface area contributed by atoms with E-state index in [9.17, 15) is 0 Å². The average molecular weight is 260 g/mol. The van der Waals surface area contributed by atoms with E-state index in [2.05, 4.69) is 22.3 Å². The highest BCUT2D eigenvalue weighted by molar-refractivity contribution is 5.33. The summed E-state index contributed by atoms with van der Waals surface area (Å²) < 4.78 is 7.00. The van der Waals surface area contributed by atoms with E-state index in [1.165, 1.54) is 11.3 Å². The maximum Gasteiger partial charge on any atom is 0.0679 e. The Morgan fingerprint density at radius 1 is 1.32 bits per heavy atom. The molecule has 0 saturated carbocycles. The van der Waals surface area contributed by atoms with Gasteiger partial charge in [0.2, 0.25) is 0 Å². The van der Waals surface area contributed by atoms with Crippen molar-refractivity contribution in [2.24, 2.45) is 0 Å². The molecule has 0 radical (unpaired) electrons. The van der Waals surface area contributed by atoms with Crippen LogP contribution in [0.3, 0.4) is 0 Å². The number of aromatic nitrogens is 3. The van der Waals surface area contributed by atoms with E-state index in [1.807, 2.05) is 23.0 Å². The minimum atomic E-state index is 0.722. The molecule has 0 unspecified atom stereocenters. The van der Waals surface area contributed by atoms with Crippen LogP contribution in [0, 0.1) is 0 Å². The number of nitrogens with one attached hydrogen (secondary N) is 1. The normalized spacial score (nSPS) is 10.8. The van der Waals surface area contributed by atoms with Crippen molar-refractivity contribution >= 4 is 0 Å². The molecule has 5 nitrogen and oxygen atoms in total. The fourth-order valence-corrected chi connectivity index (χ4v) is 2.04.